The molecule has 1 atom stereocenters. The molecule has 0 aromatic carbocycles. The Hall–Kier alpha value is -2.77. The molecule has 7 nitrogen and oxygen atoms in total. The number of H-pyrrole nitrogens is 1. The molecule has 2 heterocycles. The normalized spacial score (nSPS) is 24.5. The third-order valence-electron chi connectivity index (χ3n) is 6.53. The average molecular weight is 486 g/mol. The Morgan fingerprint density at radius 3 is 2.68 bits per heavy atom. The maximum atomic E-state index is 11.4. The number of fused-ring (bicyclic) bond motifs is 1. The van der Waals surface area contributed by atoms with Crippen molar-refractivity contribution in [2.45, 2.75) is 39.2 Å². The topological polar surface area (TPSA) is 73.4 Å². The minimum atomic E-state index is -0.116. The zero-order chi connectivity index (χ0) is 24.7. The molecule has 1 saturated heterocycles. The van der Waals surface area contributed by atoms with Crippen LogP contribution >= 0.6 is 11.6 Å². The quantitative estimate of drug-likeness (QED) is 0.502. The first-order valence-electron chi connectivity index (χ1n) is 11.8. The summed E-state index contributed by atoms with van der Waals surface area (Å²) < 4.78 is 1.57. The predicted octanol–water partition coefficient (Wildman–Crippen LogP) is 1.72. The van der Waals surface area contributed by atoms with Gasteiger partial charge < -0.3 is 24.9 Å². The highest BCUT2D eigenvalue weighted by Crippen LogP contribution is 2.24. The number of hydrogen-bond donors (Lipinski definition) is 2. The number of carbonyl (C=O) groups excluding carboxylic acids is 1. The fourth-order valence-corrected chi connectivity index (χ4v) is 4.30. The summed E-state index contributed by atoms with van der Waals surface area (Å²) in [5.41, 5.74) is 3.46. The van der Waals surface area contributed by atoms with Gasteiger partial charge in [0.2, 0.25) is 0 Å². The molecule has 2 N–H and O–H groups in total. The van der Waals surface area contributed by atoms with Crippen LogP contribution in [0.5, 0.6) is 0 Å². The standard InChI is InChI=1S/C15H23ClN2.C11H13N3O2/c1-12-10-14(6-4-5-7-15(12)16)18-9-8-17(3)13(2)11-18;1-14-10-5-3-8(12-6-7-15)2-4-9(10)13-11(14)16/h4-5,10,13H,6-9,11H2,1-3H3;2,4-5,7,12H,3,6H2,1H3,(H,13,16)/b5-4?,14-10+,15-12+;. The highest BCUT2D eigenvalue weighted by Gasteiger charge is 2.22. The fraction of sp³-hybridized carbons (Fsp3) is 0.462. The van der Waals surface area contributed by atoms with E-state index in [0.29, 0.717) is 19.0 Å². The van der Waals surface area contributed by atoms with E-state index in [1.807, 2.05) is 18.2 Å². The molecule has 184 valence electrons. The van der Waals surface area contributed by atoms with Crippen molar-refractivity contribution in [3.05, 3.63) is 67.5 Å². The lowest BCUT2D eigenvalue weighted by atomic mass is 10.1. The number of aromatic amines is 1. The van der Waals surface area contributed by atoms with Crippen molar-refractivity contribution in [3.8, 4) is 0 Å². The molecule has 3 aliphatic rings. The summed E-state index contributed by atoms with van der Waals surface area (Å²) in [6, 6.07) is 0.619. The van der Waals surface area contributed by atoms with Gasteiger partial charge in [0.25, 0.3) is 0 Å². The summed E-state index contributed by atoms with van der Waals surface area (Å²) in [4.78, 5) is 29.3. The lowest BCUT2D eigenvalue weighted by Crippen LogP contribution is -2.49. The third-order valence-corrected chi connectivity index (χ3v) is 6.98. The van der Waals surface area contributed by atoms with Crippen LogP contribution in [0, 0.1) is 0 Å². The Kier molecular flexibility index (Phi) is 9.19. The molecule has 0 bridgehead atoms. The van der Waals surface area contributed by atoms with Crippen molar-refractivity contribution in [1.29, 1.82) is 0 Å². The number of hydrogen-bond acceptors (Lipinski definition) is 5. The molecule has 1 aliphatic heterocycles. The number of carbonyl (C=O) groups is 1. The first-order chi connectivity index (χ1) is 16.3. The number of piperazine rings is 1. The number of nitrogens with one attached hydrogen (secondary N) is 2. The minimum absolute atomic E-state index is 0.116. The van der Waals surface area contributed by atoms with Crippen LogP contribution < -0.4 is 21.7 Å². The van der Waals surface area contributed by atoms with Crippen LogP contribution in [0.4, 0.5) is 0 Å². The monoisotopic (exact) mass is 485 g/mol. The fourth-order valence-electron chi connectivity index (χ4n) is 4.16. The highest BCUT2D eigenvalue weighted by atomic mass is 35.5. The van der Waals surface area contributed by atoms with Gasteiger partial charge in [-0.2, -0.15) is 0 Å². The molecule has 2 aliphatic carbocycles. The van der Waals surface area contributed by atoms with Crippen molar-refractivity contribution in [1.82, 2.24) is 24.7 Å². The molecule has 1 aromatic heterocycles. The molecule has 34 heavy (non-hydrogen) atoms. The molecule has 8 heteroatoms. The van der Waals surface area contributed by atoms with Crippen LogP contribution in [0.15, 0.2) is 51.1 Å². The van der Waals surface area contributed by atoms with E-state index in [0.717, 1.165) is 60.2 Å². The van der Waals surface area contributed by atoms with Crippen molar-refractivity contribution >= 4 is 30.0 Å². The number of halogens is 1. The van der Waals surface area contributed by atoms with E-state index in [9.17, 15) is 9.59 Å². The zero-order valence-electron chi connectivity index (χ0n) is 20.6. The number of aromatic nitrogens is 2. The number of aldehydes is 1. The first-order valence-corrected chi connectivity index (χ1v) is 12.2. The average Bonchev–Trinajstić information content (AvgIpc) is 2.96. The van der Waals surface area contributed by atoms with Crippen molar-refractivity contribution in [2.24, 2.45) is 7.05 Å². The molecule has 1 aromatic rings. The maximum Gasteiger partial charge on any atom is 0.326 e. The van der Waals surface area contributed by atoms with E-state index in [1.165, 1.54) is 11.3 Å². The summed E-state index contributed by atoms with van der Waals surface area (Å²) in [6.07, 6.45) is 15.8. The zero-order valence-corrected chi connectivity index (χ0v) is 21.4. The summed E-state index contributed by atoms with van der Waals surface area (Å²) in [5, 5.41) is 5.64. The van der Waals surface area contributed by atoms with Crippen molar-refractivity contribution < 1.29 is 4.79 Å². The number of imidazole rings is 1. The van der Waals surface area contributed by atoms with Crippen LogP contribution in [-0.2, 0) is 11.8 Å². The molecule has 0 spiro atoms. The Morgan fingerprint density at radius 2 is 1.94 bits per heavy atom. The second kappa shape index (κ2) is 12.1. The summed E-state index contributed by atoms with van der Waals surface area (Å²) in [7, 11) is 3.93. The van der Waals surface area contributed by atoms with Gasteiger partial charge in [0.15, 0.2) is 0 Å². The first kappa shape index (κ1) is 25.8. The number of nitrogens with zero attached hydrogens (tertiary/aromatic N) is 3. The van der Waals surface area contributed by atoms with E-state index in [2.05, 4.69) is 59.2 Å². The van der Waals surface area contributed by atoms with Gasteiger partial charge in [-0.3, -0.25) is 4.57 Å². The van der Waals surface area contributed by atoms with Gasteiger partial charge in [-0.25, -0.2) is 4.79 Å². The highest BCUT2D eigenvalue weighted by molar-refractivity contribution is 6.30. The lowest BCUT2D eigenvalue weighted by Gasteiger charge is -2.40. The number of allylic oxidation sites excluding steroid dienone is 7. The van der Waals surface area contributed by atoms with E-state index in [-0.39, 0.29) is 5.69 Å². The van der Waals surface area contributed by atoms with Crippen LogP contribution in [0.2, 0.25) is 0 Å². The second-order valence-electron chi connectivity index (χ2n) is 8.98. The number of rotatable bonds is 4. The molecule has 1 unspecified atom stereocenters. The SMILES string of the molecule is CC1=C(\Cl)CC=CC/C(N2CCN(C)C(C)C2)=C\1.Cn1c(=O)[nH]c2c1=CCC(NCC=O)=CC=2. The third kappa shape index (κ3) is 6.64. The Balaban J connectivity index is 0.000000192. The molecule has 4 rings (SSSR count). The van der Waals surface area contributed by atoms with Gasteiger partial charge in [-0.1, -0.05) is 29.8 Å². The largest absolute Gasteiger partial charge is 0.381 e. The Bertz CT molecular complexity index is 1180. The summed E-state index contributed by atoms with van der Waals surface area (Å²) >= 11 is 6.26. The van der Waals surface area contributed by atoms with E-state index < -0.39 is 0 Å². The molecule has 0 amide bonds. The molecule has 0 radical (unpaired) electrons. The van der Waals surface area contributed by atoms with Gasteiger partial charge in [0, 0.05) is 68.4 Å². The Labute approximate surface area is 206 Å². The van der Waals surface area contributed by atoms with Crippen LogP contribution in [0.3, 0.4) is 0 Å². The van der Waals surface area contributed by atoms with Gasteiger partial charge in [0.05, 0.1) is 17.2 Å². The Morgan fingerprint density at radius 1 is 1.18 bits per heavy atom. The summed E-state index contributed by atoms with van der Waals surface area (Å²) in [5.74, 6) is 0. The molecular formula is C26H36ClN5O2. The number of likely N-dealkylation sites (N-methyl/N-ethyl adjacent to an activating group) is 1. The van der Waals surface area contributed by atoms with Crippen LogP contribution in [0.25, 0.3) is 12.2 Å². The van der Waals surface area contributed by atoms with E-state index >= 15 is 0 Å². The van der Waals surface area contributed by atoms with Crippen LogP contribution in [0.1, 0.15) is 33.1 Å². The van der Waals surface area contributed by atoms with Crippen molar-refractivity contribution in [3.63, 3.8) is 0 Å². The van der Waals surface area contributed by atoms with E-state index in [1.54, 1.807) is 11.6 Å². The van der Waals surface area contributed by atoms with Gasteiger partial charge in [0.1, 0.15) is 6.29 Å². The maximum absolute atomic E-state index is 11.4. The molecule has 1 fully saturated rings. The van der Waals surface area contributed by atoms with Crippen LogP contribution in [-0.4, -0.2) is 64.9 Å². The van der Waals surface area contributed by atoms with E-state index in [4.69, 9.17) is 11.6 Å². The van der Waals surface area contributed by atoms with Gasteiger partial charge in [-0.15, -0.1) is 0 Å². The molecular weight excluding hydrogens is 450 g/mol. The predicted molar refractivity (Wildman–Crippen MR) is 140 cm³/mol. The molecule has 0 saturated carbocycles. The smallest absolute Gasteiger partial charge is 0.326 e. The van der Waals surface area contributed by atoms with Crippen molar-refractivity contribution in [2.75, 3.05) is 33.2 Å². The lowest BCUT2D eigenvalue weighted by molar-refractivity contribution is -0.107. The second-order valence-corrected chi connectivity index (χ2v) is 9.44. The minimum Gasteiger partial charge on any atom is -0.381 e. The summed E-state index contributed by atoms with van der Waals surface area (Å²) in [6.45, 7) is 8.08. The van der Waals surface area contributed by atoms with Gasteiger partial charge >= 0.3 is 5.69 Å². The van der Waals surface area contributed by atoms with Gasteiger partial charge in [-0.05, 0) is 44.7 Å².